The third kappa shape index (κ3) is 43.8. The van der Waals surface area contributed by atoms with Gasteiger partial charge < -0.3 is 50.1 Å². The van der Waals surface area contributed by atoms with Crippen molar-refractivity contribution in [3.8, 4) is 0 Å². The molecule has 0 fully saturated rings. The third-order valence-corrected chi connectivity index (χ3v) is 16.7. The molecule has 22 nitrogen and oxygen atoms in total. The van der Waals surface area contributed by atoms with Crippen LogP contribution in [-0.2, 0) is 84.8 Å². The van der Waals surface area contributed by atoms with Crippen LogP contribution in [0.3, 0.4) is 0 Å². The second-order valence-corrected chi connectivity index (χ2v) is 32.7. The summed E-state index contributed by atoms with van der Waals surface area (Å²) in [4.78, 5) is 135. The third-order valence-electron chi connectivity index (χ3n) is 16.7. The highest BCUT2D eigenvalue weighted by Gasteiger charge is 2.34. The van der Waals surface area contributed by atoms with Gasteiger partial charge in [-0.15, -0.1) is 0 Å². The van der Waals surface area contributed by atoms with Gasteiger partial charge in [0, 0.05) is 67.4 Å². The van der Waals surface area contributed by atoms with Gasteiger partial charge in [-0.2, -0.15) is 0 Å². The van der Waals surface area contributed by atoms with Crippen molar-refractivity contribution < 1.29 is 81.2 Å². The molecule has 0 heterocycles. The molecule has 0 radical (unpaired) electrons. The molecule has 2 aromatic carbocycles. The maximum absolute atomic E-state index is 13.3. The van der Waals surface area contributed by atoms with E-state index < -0.39 is 58.9 Å². The topological polar surface area (TPSA) is 308 Å². The van der Waals surface area contributed by atoms with E-state index >= 15 is 0 Å². The van der Waals surface area contributed by atoms with Crippen molar-refractivity contribution in [3.63, 3.8) is 0 Å². The van der Waals surface area contributed by atoms with Crippen LogP contribution in [0, 0.1) is 69.0 Å². The summed E-state index contributed by atoms with van der Waals surface area (Å²) < 4.78 is 32.1. The van der Waals surface area contributed by atoms with Gasteiger partial charge in [-0.3, -0.25) is 48.1 Å². The van der Waals surface area contributed by atoms with Gasteiger partial charge in [0.05, 0.1) is 34.1 Å². The number of nitrogens with one attached hydrogen (secondary N) is 3. The van der Waals surface area contributed by atoms with Crippen molar-refractivity contribution in [1.29, 1.82) is 0 Å². The summed E-state index contributed by atoms with van der Waals surface area (Å²) in [6.07, 6.45) is 8.11. The molecule has 0 spiro atoms. The van der Waals surface area contributed by atoms with Gasteiger partial charge in [0.15, 0.2) is 5.78 Å². The van der Waals surface area contributed by atoms with E-state index in [1.807, 2.05) is 96.9 Å². The molecule has 6 atom stereocenters. The normalized spacial score (nSPS) is 13.2. The van der Waals surface area contributed by atoms with Crippen LogP contribution >= 0.6 is 0 Å². The lowest BCUT2D eigenvalue weighted by Gasteiger charge is -2.27. The number of Topliss-reactive ketones (excluding diaryl/α,β-unsaturated/α-hetero) is 2. The SMILES string of the molecule is C.CC(C)C(OC(=O)[C@@H](C)C(C)C)OC(=O)C(C)(C)C.CC(C)C(OC(=O)[C@@H](C)C(C)C)OC(=O)N(C)c1ccc(COC(=O)C(C)(C)C)cc1.CCCCCCC(=O)C(C)(C)C.CCCCCCC(=O)N[C@H](C(=O)C[C@@H](CCCNC(N)=O)C(=O)Nc1ccc(COC(=O)C(C)(C)C)cc1)C(C)C. The molecule has 2 rings (SSSR count). The average molecular weight is 1470 g/mol. The van der Waals surface area contributed by atoms with E-state index in [2.05, 4.69) is 29.8 Å². The van der Waals surface area contributed by atoms with E-state index in [0.29, 0.717) is 36.4 Å². The lowest BCUT2D eigenvalue weighted by atomic mass is 9.88. The first-order valence-electron chi connectivity index (χ1n) is 37.2. The smallest absolute Gasteiger partial charge is 0.417 e. The maximum atomic E-state index is 13.3. The molecule has 0 saturated heterocycles. The summed E-state index contributed by atoms with van der Waals surface area (Å²) in [6.45, 7) is 49.3. The number of nitrogens with zero attached hydrogens (tertiary/aromatic N) is 1. The van der Waals surface area contributed by atoms with Crippen molar-refractivity contribution in [2.75, 3.05) is 23.8 Å². The molecule has 0 aromatic heterocycles. The van der Waals surface area contributed by atoms with E-state index in [1.165, 1.54) is 24.2 Å². The molecule has 596 valence electrons. The number of amides is 5. The quantitative estimate of drug-likeness (QED) is 0.0213. The number of hydrogen-bond donors (Lipinski definition) is 4. The van der Waals surface area contributed by atoms with Crippen molar-refractivity contribution in [2.45, 2.75) is 303 Å². The van der Waals surface area contributed by atoms with Crippen LogP contribution in [-0.4, -0.2) is 97.6 Å². The van der Waals surface area contributed by atoms with Crippen LogP contribution in [0.2, 0.25) is 0 Å². The van der Waals surface area contributed by atoms with Crippen molar-refractivity contribution in [1.82, 2.24) is 10.6 Å². The van der Waals surface area contributed by atoms with Crippen LogP contribution < -0.4 is 26.6 Å². The Labute approximate surface area is 626 Å². The average Bonchev–Trinajstić information content (AvgIpc) is 0.858. The number of carbonyl (C=O) groups excluding carboxylic acids is 11. The predicted octanol–water partition coefficient (Wildman–Crippen LogP) is 17.6. The molecule has 0 aliphatic rings. The highest BCUT2D eigenvalue weighted by molar-refractivity contribution is 5.97. The van der Waals surface area contributed by atoms with Crippen LogP contribution in [0.4, 0.5) is 21.0 Å². The van der Waals surface area contributed by atoms with Gasteiger partial charge in [-0.25, -0.2) is 9.59 Å². The Balaban J connectivity index is -0.00000142. The number of unbranched alkanes of at least 4 members (excludes halogenated alkanes) is 6. The number of ketones is 2. The fraction of sp³-hybridized carbons (Fsp3) is 0.720. The van der Waals surface area contributed by atoms with Crippen molar-refractivity contribution >= 4 is 76.7 Å². The number of primary amides is 1. The fourth-order valence-electron chi connectivity index (χ4n) is 8.54. The van der Waals surface area contributed by atoms with E-state index in [9.17, 15) is 52.7 Å². The van der Waals surface area contributed by atoms with E-state index in [0.717, 1.165) is 49.7 Å². The Bertz CT molecular complexity index is 2890. The molecular weight excluding hydrogens is 1330 g/mol. The van der Waals surface area contributed by atoms with Gasteiger partial charge in [-0.05, 0) is 141 Å². The van der Waals surface area contributed by atoms with Gasteiger partial charge in [0.2, 0.25) is 18.1 Å². The largest absolute Gasteiger partial charge is 0.460 e. The number of esters is 5. The molecule has 0 aliphatic heterocycles. The number of hydrogen-bond acceptors (Lipinski definition) is 17. The Kier molecular flexibility index (Phi) is 48.6. The summed E-state index contributed by atoms with van der Waals surface area (Å²) in [5.74, 6) is -3.23. The standard InChI is InChI=1S/C31H50N4O6.C24H37NO6.C15H28O4.C11H22O.CH4/c1-7-8-9-10-13-26(37)35-27(21(2)3)25(36)19-23(12-11-18-33-30(32)40)28(38)34-24-16-14-22(15-17-24)20-41-29(39)31(4,5)6;1-15(2)17(5)20(26)30-21(16(3)4)31-23(28)25(9)19-12-10-18(11-13-19)14-29-22(27)24(6,7)8;1-9(2)11(5)12(16)18-13(10(3)4)19-14(17)15(6,7)8;1-5-6-7-8-9-10(12)11(2,3)4;/h14-17,21,23,27H,7-13,18-20H2,1-6H3,(H,34,38)(H,35,37)(H3,32,33,40);10-13,15-17,21H,14H2,1-9H3;9-11,13H,1-8H3;5-9H2,1-4H3;1H4/t23-,27+;17-,21?;11-,13?;;/m100../s1. The molecule has 2 aromatic rings. The minimum absolute atomic E-state index is 0. The summed E-state index contributed by atoms with van der Waals surface area (Å²) in [7, 11) is 1.58. The van der Waals surface area contributed by atoms with Crippen molar-refractivity contribution in [3.05, 3.63) is 59.7 Å². The molecular formula is C82H141N5O17. The number of benzene rings is 2. The summed E-state index contributed by atoms with van der Waals surface area (Å²) in [5.41, 5.74) is 5.95. The molecule has 104 heavy (non-hydrogen) atoms. The van der Waals surface area contributed by atoms with Gasteiger partial charge in [0.1, 0.15) is 19.0 Å². The van der Waals surface area contributed by atoms with E-state index in [1.54, 1.807) is 125 Å². The highest BCUT2D eigenvalue weighted by Crippen LogP contribution is 2.26. The number of anilines is 2. The number of ether oxygens (including phenoxy) is 6. The molecule has 22 heteroatoms. The zero-order valence-electron chi connectivity index (χ0n) is 68.2. The maximum Gasteiger partial charge on any atom is 0.417 e. The van der Waals surface area contributed by atoms with Crippen molar-refractivity contribution in [2.24, 2.45) is 74.7 Å². The molecule has 2 unspecified atom stereocenters. The Hall–Kier alpha value is -7.39. The number of rotatable bonds is 36. The Morgan fingerprint density at radius 1 is 0.481 bits per heavy atom. The lowest BCUT2D eigenvalue weighted by Crippen LogP contribution is -2.45. The minimum atomic E-state index is -0.972. The number of carbonyl (C=O) groups is 11. The molecule has 0 bridgehead atoms. The van der Waals surface area contributed by atoms with E-state index in [-0.39, 0.29) is 122 Å². The fourth-order valence-corrected chi connectivity index (χ4v) is 8.54. The number of nitrogens with two attached hydrogens (primary N) is 1. The van der Waals surface area contributed by atoms with Gasteiger partial charge in [-0.1, -0.05) is 188 Å². The molecule has 0 saturated carbocycles. The second kappa shape index (κ2) is 50.2. The van der Waals surface area contributed by atoms with Gasteiger partial charge in [0.25, 0.3) is 6.29 Å². The minimum Gasteiger partial charge on any atom is -0.460 e. The van der Waals surface area contributed by atoms with E-state index in [4.69, 9.17) is 34.2 Å². The second-order valence-electron chi connectivity index (χ2n) is 32.7. The summed E-state index contributed by atoms with van der Waals surface area (Å²) in [6, 6.07) is 12.6. The first kappa shape index (κ1) is 101. The zero-order valence-corrected chi connectivity index (χ0v) is 68.2. The summed E-state index contributed by atoms with van der Waals surface area (Å²) >= 11 is 0. The predicted molar refractivity (Wildman–Crippen MR) is 413 cm³/mol. The van der Waals surface area contributed by atoms with Crippen LogP contribution in [0.15, 0.2) is 48.5 Å². The number of urea groups is 1. The highest BCUT2D eigenvalue weighted by atomic mass is 16.7. The Morgan fingerprint density at radius 3 is 1.27 bits per heavy atom. The zero-order chi connectivity index (χ0) is 79.9. The van der Waals surface area contributed by atoms with Crippen LogP contribution in [0.5, 0.6) is 0 Å². The monoisotopic (exact) mass is 1470 g/mol. The molecule has 5 amide bonds. The van der Waals surface area contributed by atoms with Crippen LogP contribution in [0.1, 0.15) is 282 Å². The Morgan fingerprint density at radius 2 is 0.894 bits per heavy atom. The summed E-state index contributed by atoms with van der Waals surface area (Å²) in [5, 5.41) is 8.24. The molecule has 5 N–H and O–H groups in total. The van der Waals surface area contributed by atoms with Gasteiger partial charge >= 0.3 is 42.0 Å². The first-order valence-corrected chi connectivity index (χ1v) is 37.2. The van der Waals surface area contributed by atoms with Crippen LogP contribution in [0.25, 0.3) is 0 Å². The first-order chi connectivity index (χ1) is 47.4. The lowest BCUT2D eigenvalue weighted by molar-refractivity contribution is -0.204. The molecule has 0 aliphatic carbocycles.